The van der Waals surface area contributed by atoms with Gasteiger partial charge in [0, 0.05) is 18.2 Å². The van der Waals surface area contributed by atoms with Crippen LogP contribution in [0.4, 0.5) is 10.1 Å². The molecule has 1 aliphatic rings. The highest BCUT2D eigenvalue weighted by Gasteiger charge is 2.26. The van der Waals surface area contributed by atoms with Crippen LogP contribution in [-0.4, -0.2) is 11.9 Å². The van der Waals surface area contributed by atoms with Crippen molar-refractivity contribution < 1.29 is 9.18 Å². The molecule has 1 aromatic carbocycles. The number of carbonyl (C=O) groups excluding carboxylic acids is 1. The van der Waals surface area contributed by atoms with E-state index in [2.05, 4.69) is 5.32 Å². The molecule has 0 heterocycles. The summed E-state index contributed by atoms with van der Waals surface area (Å²) in [6, 6.07) is 4.33. The van der Waals surface area contributed by atoms with E-state index in [1.54, 1.807) is 6.07 Å². The van der Waals surface area contributed by atoms with Crippen molar-refractivity contribution in [3.63, 3.8) is 0 Å². The third kappa shape index (κ3) is 3.21. The SMILES string of the molecule is N[C@@H]1CCC[C@H]1CC(=O)Nc1ccc(Cl)c(F)c1. The van der Waals surface area contributed by atoms with E-state index in [4.69, 9.17) is 17.3 Å². The number of nitrogens with one attached hydrogen (secondary N) is 1. The molecule has 2 rings (SSSR count). The lowest BCUT2D eigenvalue weighted by atomic mass is 10.00. The Balaban J connectivity index is 1.92. The lowest BCUT2D eigenvalue weighted by Crippen LogP contribution is -2.28. The Bertz CT molecular complexity index is 453. The average Bonchev–Trinajstić information content (AvgIpc) is 2.70. The molecule has 0 bridgehead atoms. The predicted molar refractivity (Wildman–Crippen MR) is 70.0 cm³/mol. The van der Waals surface area contributed by atoms with Gasteiger partial charge < -0.3 is 11.1 Å². The van der Waals surface area contributed by atoms with E-state index in [0.29, 0.717) is 12.1 Å². The fraction of sp³-hybridized carbons (Fsp3) is 0.462. The highest BCUT2D eigenvalue weighted by Crippen LogP contribution is 2.27. The molecule has 0 aromatic heterocycles. The van der Waals surface area contributed by atoms with Crippen molar-refractivity contribution in [2.45, 2.75) is 31.7 Å². The Kier molecular flexibility index (Phi) is 4.19. The van der Waals surface area contributed by atoms with Gasteiger partial charge in [0.05, 0.1) is 5.02 Å². The fourth-order valence-electron chi connectivity index (χ4n) is 2.34. The number of nitrogens with two attached hydrogens (primary N) is 1. The second kappa shape index (κ2) is 5.67. The van der Waals surface area contributed by atoms with Gasteiger partial charge in [0.2, 0.25) is 5.91 Å². The Morgan fingerprint density at radius 1 is 1.50 bits per heavy atom. The predicted octanol–water partition coefficient (Wildman–Crippen LogP) is 2.94. The van der Waals surface area contributed by atoms with Crippen LogP contribution in [0.25, 0.3) is 0 Å². The molecule has 1 aliphatic carbocycles. The number of amides is 1. The summed E-state index contributed by atoms with van der Waals surface area (Å²) < 4.78 is 13.2. The Labute approximate surface area is 111 Å². The smallest absolute Gasteiger partial charge is 0.224 e. The number of anilines is 1. The van der Waals surface area contributed by atoms with Crippen LogP contribution < -0.4 is 11.1 Å². The highest BCUT2D eigenvalue weighted by molar-refractivity contribution is 6.30. The van der Waals surface area contributed by atoms with E-state index >= 15 is 0 Å². The van der Waals surface area contributed by atoms with Crippen LogP contribution in [0.1, 0.15) is 25.7 Å². The normalized spacial score (nSPS) is 23.1. The summed E-state index contributed by atoms with van der Waals surface area (Å²) in [6.07, 6.45) is 3.44. The Morgan fingerprint density at radius 3 is 2.89 bits per heavy atom. The number of hydrogen-bond donors (Lipinski definition) is 2. The highest BCUT2D eigenvalue weighted by atomic mass is 35.5. The number of halogens is 2. The third-order valence-corrected chi connectivity index (χ3v) is 3.68. The summed E-state index contributed by atoms with van der Waals surface area (Å²) in [4.78, 5) is 11.8. The maximum Gasteiger partial charge on any atom is 0.224 e. The van der Waals surface area contributed by atoms with Crippen LogP contribution in [0.3, 0.4) is 0 Å². The Morgan fingerprint density at radius 2 is 2.28 bits per heavy atom. The van der Waals surface area contributed by atoms with Gasteiger partial charge in [-0.05, 0) is 37.0 Å². The topological polar surface area (TPSA) is 55.1 Å². The monoisotopic (exact) mass is 270 g/mol. The van der Waals surface area contributed by atoms with Crippen LogP contribution in [0.2, 0.25) is 5.02 Å². The van der Waals surface area contributed by atoms with E-state index in [0.717, 1.165) is 19.3 Å². The average molecular weight is 271 g/mol. The van der Waals surface area contributed by atoms with E-state index in [1.165, 1.54) is 12.1 Å². The van der Waals surface area contributed by atoms with Crippen LogP contribution in [0, 0.1) is 11.7 Å². The van der Waals surface area contributed by atoms with Crippen molar-refractivity contribution in [2.24, 2.45) is 11.7 Å². The molecule has 0 radical (unpaired) electrons. The summed E-state index contributed by atoms with van der Waals surface area (Å²) >= 11 is 5.57. The zero-order valence-electron chi connectivity index (χ0n) is 9.96. The lowest BCUT2D eigenvalue weighted by Gasteiger charge is -2.14. The van der Waals surface area contributed by atoms with E-state index in [9.17, 15) is 9.18 Å². The number of carbonyl (C=O) groups is 1. The summed E-state index contributed by atoms with van der Waals surface area (Å²) in [6.45, 7) is 0. The van der Waals surface area contributed by atoms with E-state index < -0.39 is 5.82 Å². The van der Waals surface area contributed by atoms with E-state index in [1.807, 2.05) is 0 Å². The van der Waals surface area contributed by atoms with Gasteiger partial charge in [0.15, 0.2) is 0 Å². The molecule has 0 saturated heterocycles. The summed E-state index contributed by atoms with van der Waals surface area (Å²) in [7, 11) is 0. The van der Waals surface area contributed by atoms with Gasteiger partial charge in [-0.25, -0.2) is 4.39 Å². The standard InChI is InChI=1S/C13H16ClFN2O/c14-10-5-4-9(7-11(10)15)17-13(18)6-8-2-1-3-12(8)16/h4-5,7-8,12H,1-3,6,16H2,(H,17,18)/t8-,12+/m0/s1. The summed E-state index contributed by atoms with van der Waals surface area (Å²) in [5.41, 5.74) is 6.33. The second-order valence-corrected chi connectivity index (χ2v) is 5.14. The Hall–Kier alpha value is -1.13. The largest absolute Gasteiger partial charge is 0.327 e. The molecule has 0 spiro atoms. The van der Waals surface area contributed by atoms with Crippen molar-refractivity contribution in [3.05, 3.63) is 29.0 Å². The molecule has 2 atom stereocenters. The van der Waals surface area contributed by atoms with Crippen LogP contribution in [-0.2, 0) is 4.79 Å². The van der Waals surface area contributed by atoms with E-state index in [-0.39, 0.29) is 22.9 Å². The van der Waals surface area contributed by atoms with Crippen LogP contribution >= 0.6 is 11.6 Å². The summed E-state index contributed by atoms with van der Waals surface area (Å²) in [5.74, 6) is -0.423. The molecule has 5 heteroatoms. The molecule has 3 N–H and O–H groups in total. The zero-order chi connectivity index (χ0) is 13.1. The number of benzene rings is 1. The second-order valence-electron chi connectivity index (χ2n) is 4.74. The first-order valence-corrected chi connectivity index (χ1v) is 6.44. The van der Waals surface area contributed by atoms with Crippen molar-refractivity contribution in [2.75, 3.05) is 5.32 Å². The van der Waals surface area contributed by atoms with Gasteiger partial charge >= 0.3 is 0 Å². The quantitative estimate of drug-likeness (QED) is 0.887. The van der Waals surface area contributed by atoms with Gasteiger partial charge in [-0.1, -0.05) is 18.0 Å². The molecule has 1 fully saturated rings. The van der Waals surface area contributed by atoms with Gasteiger partial charge in [-0.15, -0.1) is 0 Å². The fourth-order valence-corrected chi connectivity index (χ4v) is 2.46. The molecule has 18 heavy (non-hydrogen) atoms. The number of hydrogen-bond acceptors (Lipinski definition) is 2. The molecule has 0 aliphatic heterocycles. The maximum atomic E-state index is 13.2. The molecule has 98 valence electrons. The van der Waals surface area contributed by atoms with Crippen molar-refractivity contribution in [3.8, 4) is 0 Å². The molecule has 3 nitrogen and oxygen atoms in total. The molecular formula is C13H16ClFN2O. The van der Waals surface area contributed by atoms with Crippen molar-refractivity contribution in [1.82, 2.24) is 0 Å². The van der Waals surface area contributed by atoms with Gasteiger partial charge in [0.1, 0.15) is 5.82 Å². The minimum atomic E-state index is -0.535. The number of rotatable bonds is 3. The molecular weight excluding hydrogens is 255 g/mol. The van der Waals surface area contributed by atoms with Crippen LogP contribution in [0.15, 0.2) is 18.2 Å². The van der Waals surface area contributed by atoms with Gasteiger partial charge in [0.25, 0.3) is 0 Å². The minimum Gasteiger partial charge on any atom is -0.327 e. The molecule has 0 unspecified atom stereocenters. The molecule has 1 aromatic rings. The van der Waals surface area contributed by atoms with Gasteiger partial charge in [-0.2, -0.15) is 0 Å². The van der Waals surface area contributed by atoms with Gasteiger partial charge in [-0.3, -0.25) is 4.79 Å². The maximum absolute atomic E-state index is 13.2. The van der Waals surface area contributed by atoms with Crippen molar-refractivity contribution in [1.29, 1.82) is 0 Å². The molecule has 1 saturated carbocycles. The first-order chi connectivity index (χ1) is 8.56. The first kappa shape index (κ1) is 13.3. The zero-order valence-corrected chi connectivity index (χ0v) is 10.7. The molecule has 1 amide bonds. The third-order valence-electron chi connectivity index (χ3n) is 3.37. The lowest BCUT2D eigenvalue weighted by molar-refractivity contribution is -0.117. The summed E-state index contributed by atoms with van der Waals surface area (Å²) in [5, 5.41) is 2.71. The first-order valence-electron chi connectivity index (χ1n) is 6.07. The minimum absolute atomic E-state index is 0.0471. The van der Waals surface area contributed by atoms with Crippen LogP contribution in [0.5, 0.6) is 0 Å². The van der Waals surface area contributed by atoms with Crippen molar-refractivity contribution >= 4 is 23.2 Å².